The Bertz CT molecular complexity index is 2900. The van der Waals surface area contributed by atoms with E-state index in [1.807, 2.05) is 13.0 Å². The second-order valence-corrected chi connectivity index (χ2v) is 23.9. The van der Waals surface area contributed by atoms with Gasteiger partial charge in [-0.3, -0.25) is 43.8 Å². The van der Waals surface area contributed by atoms with E-state index in [1.165, 1.54) is 31.1 Å². The van der Waals surface area contributed by atoms with Gasteiger partial charge < -0.3 is 50.1 Å². The lowest BCUT2D eigenvalue weighted by atomic mass is 9.78. The molecular formula is C60H79Cl2FN6O15. The van der Waals surface area contributed by atoms with Crippen LogP contribution in [0.2, 0.25) is 10.0 Å². The maximum atomic E-state index is 16.2. The number of benzene rings is 2. The van der Waals surface area contributed by atoms with Crippen molar-refractivity contribution in [1.29, 1.82) is 0 Å². The van der Waals surface area contributed by atoms with E-state index in [4.69, 9.17) is 52.6 Å². The van der Waals surface area contributed by atoms with E-state index >= 15 is 4.39 Å². The molecule has 0 aromatic heterocycles. The molecule has 4 bridgehead atoms. The molecule has 0 radical (unpaired) electrons. The number of carbonyl (C=O) groups excluding carboxylic acids is 9. The van der Waals surface area contributed by atoms with Crippen LogP contribution in [0.5, 0.6) is 5.75 Å². The van der Waals surface area contributed by atoms with Gasteiger partial charge in [-0.25, -0.2) is 14.0 Å². The average Bonchev–Trinajstić information content (AvgIpc) is 3.70. The normalized spacial score (nSPS) is 26.3. The number of allylic oxidation sites excluding steroid dienone is 3. The first-order valence-corrected chi connectivity index (χ1v) is 29.1. The van der Waals surface area contributed by atoms with Gasteiger partial charge in [0.05, 0.1) is 48.5 Å². The smallest absolute Gasteiger partial charge is 0.412 e. The SMILES string of the molecule is COc1cc2cc(c1Cl)N(C)C(=O)C[C@H](OC(=O)Nc1cc(F)c(CC(=O)[C@H](CCCNC(N)=O)NC(=O)[C@@H](CC(=O)CCCCCN3C(=O)CC(C)C3=O)C(C)C)cc1Cl)[C@]1(C)O[C@H]1[C@H](C)[C@@H]1C[C@@](O)(CC(=O)O1)[C@H](OC)/C=C/C=C(\C)C2. The third-order valence-corrected chi connectivity index (χ3v) is 17.0. The zero-order valence-electron chi connectivity index (χ0n) is 49.1. The van der Waals surface area contributed by atoms with Crippen LogP contribution in [0.3, 0.4) is 0 Å². The average molecular weight is 1210 g/mol. The predicted molar refractivity (Wildman–Crippen MR) is 310 cm³/mol. The number of amides is 7. The zero-order valence-corrected chi connectivity index (χ0v) is 50.6. The standard InChI is InChI=1S/C60H79Cl2FN6O15/c1-32(2)39(27-38(70)16-11-10-12-20-69-51(73)22-34(4)56(69)76)55(75)66-42(17-14-19-65-57(64)77)45(71)26-37-25-40(61)43(28-41(37)63)67-58(78)83-49-29-50(72)68(7)44-23-36(24-46(80-8)53(44)62)21-33(3)15-13-18-48(81-9)60(79)30-47(82-52(74)31-60)35(5)54-59(49,6)84-54/h13,15,18,23-25,28,32,34-35,39,42,47-49,54,79H,10-12,14,16-17,19-22,26-27,29-31H2,1-9H3,(H,66,75)(H,67,78)(H3,64,65,77)/b18-13+,33-15+/t34?,35-,39+,42+,47+,48-,49+,54+,59+,60-/m1/s1. The molecule has 6 rings (SSSR count). The maximum absolute atomic E-state index is 16.2. The molecule has 1 unspecified atom stereocenters. The van der Waals surface area contributed by atoms with Crippen LogP contribution in [0.15, 0.2) is 48.1 Å². The van der Waals surface area contributed by atoms with Crippen molar-refractivity contribution in [3.05, 3.63) is 75.1 Å². The van der Waals surface area contributed by atoms with E-state index in [1.54, 1.807) is 58.9 Å². The number of primary amides is 1. The number of esters is 1. The molecule has 2 aromatic rings. The van der Waals surface area contributed by atoms with Crippen molar-refractivity contribution in [3.8, 4) is 5.75 Å². The molecule has 3 saturated heterocycles. The Balaban J connectivity index is 1.18. The summed E-state index contributed by atoms with van der Waals surface area (Å²) in [6, 6.07) is 3.48. The predicted octanol–water partition coefficient (Wildman–Crippen LogP) is 7.65. The second-order valence-electron chi connectivity index (χ2n) is 23.1. The van der Waals surface area contributed by atoms with Crippen molar-refractivity contribution >= 4 is 87.9 Å². The Labute approximate surface area is 499 Å². The van der Waals surface area contributed by atoms with Crippen molar-refractivity contribution in [2.45, 2.75) is 167 Å². The Morgan fingerprint density at radius 3 is 2.37 bits per heavy atom. The number of ether oxygens (including phenoxy) is 5. The van der Waals surface area contributed by atoms with Crippen molar-refractivity contribution in [3.63, 3.8) is 0 Å². The number of unbranched alkanes of at least 4 members (excludes halogenated alkanes) is 2. The number of nitrogens with two attached hydrogens (primary N) is 1. The fraction of sp³-hybridized carbons (Fsp3) is 0.583. The number of aliphatic hydroxyl groups is 1. The molecular weight excluding hydrogens is 1130 g/mol. The first kappa shape index (κ1) is 66.7. The van der Waals surface area contributed by atoms with Crippen LogP contribution in [0.4, 0.5) is 25.4 Å². The Hall–Kier alpha value is -6.46. The van der Waals surface area contributed by atoms with E-state index in [-0.39, 0.29) is 109 Å². The summed E-state index contributed by atoms with van der Waals surface area (Å²) < 4.78 is 45.6. The molecule has 21 nitrogen and oxygen atoms in total. The molecule has 84 heavy (non-hydrogen) atoms. The first-order valence-electron chi connectivity index (χ1n) is 28.4. The number of fused-ring (bicyclic) bond motifs is 5. The number of hydrogen-bond donors (Lipinski definition) is 5. The van der Waals surface area contributed by atoms with E-state index in [2.05, 4.69) is 16.0 Å². The molecule has 4 aliphatic heterocycles. The van der Waals surface area contributed by atoms with Gasteiger partial charge in [-0.15, -0.1) is 0 Å². The van der Waals surface area contributed by atoms with E-state index in [0.29, 0.717) is 37.1 Å². The number of hydrogen-bond acceptors (Lipinski definition) is 15. The van der Waals surface area contributed by atoms with Gasteiger partial charge >= 0.3 is 18.1 Å². The third-order valence-electron chi connectivity index (χ3n) is 16.3. The number of likely N-dealkylation sites (tertiary alicyclic amines) is 1. The van der Waals surface area contributed by atoms with Gasteiger partial charge in [0.2, 0.25) is 23.6 Å². The number of anilines is 2. The van der Waals surface area contributed by atoms with Crippen LogP contribution in [-0.2, 0) is 65.4 Å². The van der Waals surface area contributed by atoms with Crippen LogP contribution in [0, 0.1) is 29.5 Å². The van der Waals surface area contributed by atoms with Crippen molar-refractivity contribution in [2.24, 2.45) is 29.4 Å². The van der Waals surface area contributed by atoms with E-state index in [9.17, 15) is 48.3 Å². The summed E-state index contributed by atoms with van der Waals surface area (Å²) in [6.45, 7) is 10.8. The molecule has 0 aliphatic carbocycles. The number of nitrogens with zero attached hydrogens (tertiary/aromatic N) is 2. The second kappa shape index (κ2) is 29.1. The topological polar surface area (TPSA) is 292 Å². The van der Waals surface area contributed by atoms with E-state index in [0.717, 1.165) is 23.3 Å². The zero-order chi connectivity index (χ0) is 62.0. The summed E-state index contributed by atoms with van der Waals surface area (Å²) in [5.74, 6) is -5.86. The summed E-state index contributed by atoms with van der Waals surface area (Å²) in [6.07, 6.45) is 0.949. The molecule has 0 spiro atoms. The minimum Gasteiger partial charge on any atom is -0.495 e. The van der Waals surface area contributed by atoms with Gasteiger partial charge in [-0.05, 0) is 87.3 Å². The van der Waals surface area contributed by atoms with Gasteiger partial charge in [0.25, 0.3) is 0 Å². The monoisotopic (exact) mass is 1210 g/mol. The minimum absolute atomic E-state index is 0.00220. The van der Waals surface area contributed by atoms with E-state index < -0.39 is 108 Å². The third kappa shape index (κ3) is 16.9. The number of urea groups is 1. The molecule has 24 heteroatoms. The molecule has 4 heterocycles. The summed E-state index contributed by atoms with van der Waals surface area (Å²) in [7, 11) is 4.36. The number of halogens is 3. The van der Waals surface area contributed by atoms with Crippen LogP contribution >= 0.6 is 23.2 Å². The fourth-order valence-corrected chi connectivity index (χ4v) is 11.7. The summed E-state index contributed by atoms with van der Waals surface area (Å²) >= 11 is 13.5. The molecule has 3 fully saturated rings. The lowest BCUT2D eigenvalue weighted by molar-refractivity contribution is -0.187. The number of rotatable bonds is 22. The van der Waals surface area contributed by atoms with Gasteiger partial charge in [-0.1, -0.05) is 81.1 Å². The highest BCUT2D eigenvalue weighted by Crippen LogP contribution is 2.50. The molecule has 0 saturated carbocycles. The van der Waals surface area contributed by atoms with Gasteiger partial charge in [0.1, 0.15) is 51.9 Å². The summed E-state index contributed by atoms with van der Waals surface area (Å²) in [5.41, 5.74) is 3.59. The maximum Gasteiger partial charge on any atom is 0.412 e. The molecule has 2 aromatic carbocycles. The number of ketones is 2. The number of imide groups is 1. The van der Waals surface area contributed by atoms with Crippen molar-refractivity contribution in [2.75, 3.05) is 44.6 Å². The number of methoxy groups -OCH3 is 2. The highest BCUT2D eigenvalue weighted by Gasteiger charge is 2.64. The molecule has 7 amide bonds. The van der Waals surface area contributed by atoms with Gasteiger partial charge in [0, 0.05) is 77.1 Å². The van der Waals surface area contributed by atoms with Gasteiger partial charge in [-0.2, -0.15) is 0 Å². The minimum atomic E-state index is -1.69. The van der Waals surface area contributed by atoms with Crippen LogP contribution in [0.1, 0.15) is 123 Å². The number of Topliss-reactive ketones (excluding diaryl/α,β-unsaturated/α-hetero) is 2. The Morgan fingerprint density at radius 1 is 0.988 bits per heavy atom. The molecule has 10 atom stereocenters. The van der Waals surface area contributed by atoms with Crippen LogP contribution < -0.4 is 31.3 Å². The summed E-state index contributed by atoms with van der Waals surface area (Å²) in [5, 5.41) is 19.6. The lowest BCUT2D eigenvalue weighted by Crippen LogP contribution is -2.53. The lowest BCUT2D eigenvalue weighted by Gasteiger charge is -2.41. The highest BCUT2D eigenvalue weighted by molar-refractivity contribution is 6.35. The quantitative estimate of drug-likeness (QED) is 0.0327. The van der Waals surface area contributed by atoms with Crippen molar-refractivity contribution in [1.82, 2.24) is 15.5 Å². The fourth-order valence-electron chi connectivity index (χ4n) is 11.2. The highest BCUT2D eigenvalue weighted by atomic mass is 35.5. The Kier molecular flexibility index (Phi) is 23.1. The van der Waals surface area contributed by atoms with Crippen LogP contribution in [0.25, 0.3) is 0 Å². The molecule has 6 N–H and O–H groups in total. The molecule has 460 valence electrons. The first-order chi connectivity index (χ1) is 39.6. The molecule has 4 aliphatic rings. The van der Waals surface area contributed by atoms with Crippen LogP contribution in [-0.4, -0.2) is 139 Å². The largest absolute Gasteiger partial charge is 0.495 e. The van der Waals surface area contributed by atoms with Crippen molar-refractivity contribution < 1.29 is 76.3 Å². The summed E-state index contributed by atoms with van der Waals surface area (Å²) in [4.78, 5) is 121. The number of carbonyl (C=O) groups is 9. The number of epoxide rings is 1. The number of nitrogens with one attached hydrogen (secondary N) is 3. The van der Waals surface area contributed by atoms with Gasteiger partial charge in [0.15, 0.2) is 5.78 Å². The Morgan fingerprint density at radius 2 is 1.71 bits per heavy atom.